The number of esters is 2. The number of hydrogen-bond acceptors (Lipinski definition) is 9. The van der Waals surface area contributed by atoms with E-state index in [1.54, 1.807) is 12.4 Å². The monoisotopic (exact) mass is 746 g/mol. The lowest BCUT2D eigenvalue weighted by Crippen LogP contribution is -2.51. The van der Waals surface area contributed by atoms with Crippen molar-refractivity contribution in [1.82, 2.24) is 15.0 Å². The molecule has 1 aliphatic rings. The molecule has 16 heteroatoms. The first kappa shape index (κ1) is 40.1. The van der Waals surface area contributed by atoms with Crippen LogP contribution in [0.1, 0.15) is 56.9 Å². The molecule has 2 unspecified atom stereocenters. The maximum atomic E-state index is 13.8. The molecule has 2 atom stereocenters. The number of pyridine rings is 1. The van der Waals surface area contributed by atoms with Gasteiger partial charge in [-0.3, -0.25) is 19.4 Å². The number of alkyl halides is 3. The maximum Gasteiger partial charge on any atom is 0.491 e. The fourth-order valence-corrected chi connectivity index (χ4v) is 7.05. The first-order chi connectivity index (χ1) is 24.8. The highest BCUT2D eigenvalue weighted by molar-refractivity contribution is 7.89. The summed E-state index contributed by atoms with van der Waals surface area (Å²) < 4.78 is 69.4. The zero-order valence-electron chi connectivity index (χ0n) is 28.2. The standard InChI is InChI=1S/C36H41F3N4O8S/c37-36(38,39)35(48)51-31(45)23-28(8-4-5-24-9-11-25(12-10-24)26-17-19-40-20-18-26)33(46)43-32(27-6-2-1-3-7-27)34(47)42-29-13-15-30(16-14-29)52(49,50)41-21-22-44/h9-20,27-28,32,41,44H,1-8,21-23H2,(H,42,47)(H,43,46). The first-order valence-electron chi connectivity index (χ1n) is 16.9. The number of rotatable bonds is 16. The van der Waals surface area contributed by atoms with E-state index in [2.05, 4.69) is 25.1 Å². The smallest absolute Gasteiger partial charge is 0.395 e. The van der Waals surface area contributed by atoms with Crippen molar-refractivity contribution in [2.45, 2.75) is 74.9 Å². The fourth-order valence-electron chi connectivity index (χ4n) is 6.03. The van der Waals surface area contributed by atoms with Gasteiger partial charge in [0.1, 0.15) is 6.04 Å². The molecule has 1 saturated carbocycles. The molecule has 280 valence electrons. The van der Waals surface area contributed by atoms with Gasteiger partial charge in [-0.05, 0) is 91.1 Å². The number of aliphatic hydroxyl groups is 1. The molecule has 0 saturated heterocycles. The average Bonchev–Trinajstić information content (AvgIpc) is 3.13. The number of halogens is 3. The second-order valence-corrected chi connectivity index (χ2v) is 14.3. The summed E-state index contributed by atoms with van der Waals surface area (Å²) in [7, 11) is -3.89. The van der Waals surface area contributed by atoms with Crippen molar-refractivity contribution < 1.29 is 50.6 Å². The lowest BCUT2D eigenvalue weighted by atomic mass is 9.83. The van der Waals surface area contributed by atoms with Crippen LogP contribution in [0.5, 0.6) is 0 Å². The van der Waals surface area contributed by atoms with Crippen molar-refractivity contribution in [3.8, 4) is 11.1 Å². The van der Waals surface area contributed by atoms with E-state index in [1.165, 1.54) is 24.3 Å². The Morgan fingerprint density at radius 1 is 0.885 bits per heavy atom. The largest absolute Gasteiger partial charge is 0.491 e. The number of sulfonamides is 1. The van der Waals surface area contributed by atoms with Crippen LogP contribution < -0.4 is 15.4 Å². The minimum Gasteiger partial charge on any atom is -0.395 e. The Hall–Kier alpha value is -4.67. The number of carbonyl (C=O) groups excluding carboxylic acids is 4. The quantitative estimate of drug-likeness (QED) is 0.120. The number of aromatic nitrogens is 1. The van der Waals surface area contributed by atoms with Gasteiger partial charge >= 0.3 is 18.1 Å². The summed E-state index contributed by atoms with van der Waals surface area (Å²) in [6, 6.07) is 15.5. The van der Waals surface area contributed by atoms with Crippen LogP contribution in [0.25, 0.3) is 11.1 Å². The topological polar surface area (TPSA) is 181 Å². The molecule has 4 rings (SSSR count). The minimum atomic E-state index is -5.40. The van der Waals surface area contributed by atoms with Crippen LogP contribution in [0.3, 0.4) is 0 Å². The van der Waals surface area contributed by atoms with E-state index in [-0.39, 0.29) is 29.5 Å². The second-order valence-electron chi connectivity index (χ2n) is 12.5. The van der Waals surface area contributed by atoms with Crippen molar-refractivity contribution in [2.75, 3.05) is 18.5 Å². The molecule has 1 heterocycles. The maximum absolute atomic E-state index is 13.8. The Kier molecular flexibility index (Phi) is 14.4. The fraction of sp³-hybridized carbons (Fsp3) is 0.417. The molecule has 0 aliphatic heterocycles. The third kappa shape index (κ3) is 12.0. The van der Waals surface area contributed by atoms with Crippen molar-refractivity contribution in [2.24, 2.45) is 11.8 Å². The highest BCUT2D eigenvalue weighted by Gasteiger charge is 2.43. The van der Waals surface area contributed by atoms with E-state index in [9.17, 15) is 40.8 Å². The Labute approximate surface area is 299 Å². The minimum absolute atomic E-state index is 0.0342. The summed E-state index contributed by atoms with van der Waals surface area (Å²) in [5, 5.41) is 14.4. The molecule has 0 radical (unpaired) electrons. The lowest BCUT2D eigenvalue weighted by molar-refractivity contribution is -0.202. The molecule has 2 aromatic carbocycles. The van der Waals surface area contributed by atoms with Crippen LogP contribution in [0.2, 0.25) is 0 Å². The number of amides is 2. The van der Waals surface area contributed by atoms with Gasteiger partial charge in [-0.1, -0.05) is 43.5 Å². The first-order valence-corrected chi connectivity index (χ1v) is 18.4. The molecule has 12 nitrogen and oxygen atoms in total. The van der Waals surface area contributed by atoms with E-state index >= 15 is 0 Å². The van der Waals surface area contributed by atoms with Gasteiger partial charge in [0.05, 0.1) is 17.9 Å². The summed E-state index contributed by atoms with van der Waals surface area (Å²) in [6.07, 6.45) is 1.71. The van der Waals surface area contributed by atoms with Gasteiger partial charge in [0, 0.05) is 30.5 Å². The summed E-state index contributed by atoms with van der Waals surface area (Å²) in [5.41, 5.74) is 3.08. The molecule has 2 amide bonds. The molecule has 0 spiro atoms. The zero-order chi connectivity index (χ0) is 37.7. The highest BCUT2D eigenvalue weighted by atomic mass is 32.2. The van der Waals surface area contributed by atoms with E-state index < -0.39 is 64.9 Å². The van der Waals surface area contributed by atoms with E-state index in [0.717, 1.165) is 36.0 Å². The lowest BCUT2D eigenvalue weighted by Gasteiger charge is -2.31. The predicted molar refractivity (Wildman–Crippen MR) is 184 cm³/mol. The van der Waals surface area contributed by atoms with E-state index in [0.29, 0.717) is 25.7 Å². The number of hydrogen-bond donors (Lipinski definition) is 4. The van der Waals surface area contributed by atoms with Crippen LogP contribution in [0, 0.1) is 11.8 Å². The van der Waals surface area contributed by atoms with Crippen LogP contribution in [0.15, 0.2) is 78.0 Å². The Bertz CT molecular complexity index is 1770. The third-order valence-corrected chi connectivity index (χ3v) is 10.2. The SMILES string of the molecule is O=C(CC(CCCc1ccc(-c2ccncc2)cc1)C(=O)NC(C(=O)Nc1ccc(S(=O)(=O)NCCO)cc1)C1CCCCC1)OC(=O)C(F)(F)F. The van der Waals surface area contributed by atoms with Crippen molar-refractivity contribution >= 4 is 39.5 Å². The van der Waals surface area contributed by atoms with Gasteiger partial charge in [-0.25, -0.2) is 17.9 Å². The molecule has 4 N–H and O–H groups in total. The van der Waals surface area contributed by atoms with Crippen molar-refractivity contribution in [3.63, 3.8) is 0 Å². The number of anilines is 1. The summed E-state index contributed by atoms with van der Waals surface area (Å²) in [4.78, 5) is 55.1. The molecular weight excluding hydrogens is 705 g/mol. The molecule has 1 fully saturated rings. The van der Waals surface area contributed by atoms with Gasteiger partial charge in [0.25, 0.3) is 0 Å². The van der Waals surface area contributed by atoms with Crippen molar-refractivity contribution in [3.05, 3.63) is 78.6 Å². The van der Waals surface area contributed by atoms with Gasteiger partial charge in [0.2, 0.25) is 21.8 Å². The van der Waals surface area contributed by atoms with E-state index in [1.807, 2.05) is 36.4 Å². The van der Waals surface area contributed by atoms with Crippen LogP contribution in [-0.2, 0) is 40.4 Å². The van der Waals surface area contributed by atoms with Gasteiger partial charge in [-0.15, -0.1) is 0 Å². The zero-order valence-corrected chi connectivity index (χ0v) is 29.0. The van der Waals surface area contributed by atoms with Gasteiger partial charge in [-0.2, -0.15) is 13.2 Å². The number of carbonyl (C=O) groups is 4. The van der Waals surface area contributed by atoms with Crippen LogP contribution in [0.4, 0.5) is 18.9 Å². The number of benzene rings is 2. The second kappa shape index (κ2) is 18.7. The summed E-state index contributed by atoms with van der Waals surface area (Å²) >= 11 is 0. The third-order valence-electron chi connectivity index (χ3n) is 8.74. The molecule has 0 bridgehead atoms. The molecule has 1 aromatic heterocycles. The Morgan fingerprint density at radius 2 is 1.52 bits per heavy atom. The van der Waals surface area contributed by atoms with Crippen LogP contribution >= 0.6 is 0 Å². The number of aliphatic hydroxyl groups excluding tert-OH is 1. The molecule has 3 aromatic rings. The normalized spacial score (nSPS) is 14.9. The average molecular weight is 747 g/mol. The number of nitrogens with zero attached hydrogens (tertiary/aromatic N) is 1. The number of nitrogens with one attached hydrogen (secondary N) is 3. The van der Waals surface area contributed by atoms with Gasteiger partial charge < -0.3 is 20.5 Å². The summed E-state index contributed by atoms with van der Waals surface area (Å²) in [6.45, 7) is -0.572. The van der Waals surface area contributed by atoms with Gasteiger partial charge in [0.15, 0.2) is 0 Å². The Morgan fingerprint density at radius 3 is 2.13 bits per heavy atom. The van der Waals surface area contributed by atoms with E-state index in [4.69, 9.17) is 5.11 Å². The van der Waals surface area contributed by atoms with Crippen LogP contribution in [-0.4, -0.2) is 67.6 Å². The van der Waals surface area contributed by atoms with Crippen molar-refractivity contribution in [1.29, 1.82) is 0 Å². The predicted octanol–water partition coefficient (Wildman–Crippen LogP) is 4.68. The summed E-state index contributed by atoms with van der Waals surface area (Å²) in [5.74, 6) is -7.08. The molecular formula is C36H41F3N4O8S. The molecule has 52 heavy (non-hydrogen) atoms. The number of aryl methyl sites for hydroxylation is 1. The number of ether oxygens (including phenoxy) is 1. The molecule has 1 aliphatic carbocycles. The Balaban J connectivity index is 1.48. The highest BCUT2D eigenvalue weighted by Crippen LogP contribution is 2.29.